The second kappa shape index (κ2) is 5.43. The third-order valence-corrected chi connectivity index (χ3v) is 2.95. The smallest absolute Gasteiger partial charge is 0.129 e. The molecule has 1 aliphatic carbocycles. The summed E-state index contributed by atoms with van der Waals surface area (Å²) in [5.41, 5.74) is 9.24. The minimum atomic E-state index is 0. The average Bonchev–Trinajstić information content (AvgIpc) is 2.28. The van der Waals surface area contributed by atoms with Crippen LogP contribution in [0.15, 0.2) is 12.1 Å². The molecule has 1 aromatic rings. The zero-order valence-corrected chi connectivity index (χ0v) is 11.1. The number of hydrogen-bond donors (Lipinski definition) is 1. The monoisotopic (exact) mass is 255 g/mol. The van der Waals surface area contributed by atoms with E-state index in [0.29, 0.717) is 0 Å². The van der Waals surface area contributed by atoms with Crippen molar-refractivity contribution in [1.82, 2.24) is 0 Å². The molecule has 2 rings (SSSR count). The highest BCUT2D eigenvalue weighted by Gasteiger charge is 2.20. The lowest BCUT2D eigenvalue weighted by molar-refractivity contribution is 0.394. The Kier molecular flexibility index (Phi) is 4.43. The van der Waals surface area contributed by atoms with Gasteiger partial charge in [-0.3, -0.25) is 0 Å². The van der Waals surface area contributed by atoms with Gasteiger partial charge in [0.1, 0.15) is 11.5 Å². The Bertz CT molecular complexity index is 444. The fourth-order valence-corrected chi connectivity index (χ4v) is 2.19. The first-order valence-electron chi connectivity index (χ1n) is 5.35. The van der Waals surface area contributed by atoms with Gasteiger partial charge < -0.3 is 15.2 Å². The van der Waals surface area contributed by atoms with Gasteiger partial charge in [0.05, 0.1) is 14.2 Å². The molecule has 3 nitrogen and oxygen atoms in total. The molecule has 0 radical (unpaired) electrons. The van der Waals surface area contributed by atoms with Crippen molar-refractivity contribution in [1.29, 1.82) is 0 Å². The van der Waals surface area contributed by atoms with E-state index in [0.717, 1.165) is 34.6 Å². The van der Waals surface area contributed by atoms with E-state index in [2.05, 4.69) is 0 Å². The van der Waals surface area contributed by atoms with Gasteiger partial charge >= 0.3 is 0 Å². The minimum Gasteiger partial charge on any atom is -0.496 e. The van der Waals surface area contributed by atoms with Crippen LogP contribution in [0, 0.1) is 6.92 Å². The third-order valence-electron chi connectivity index (χ3n) is 2.95. The molecular formula is C13H18ClNO2. The van der Waals surface area contributed by atoms with Crippen molar-refractivity contribution < 1.29 is 9.47 Å². The predicted molar refractivity (Wildman–Crippen MR) is 72.2 cm³/mol. The van der Waals surface area contributed by atoms with Gasteiger partial charge in [-0.2, -0.15) is 0 Å². The number of ether oxygens (including phenoxy) is 2. The Morgan fingerprint density at radius 1 is 1.29 bits per heavy atom. The maximum atomic E-state index is 5.92. The highest BCUT2D eigenvalue weighted by molar-refractivity contribution is 5.85. The van der Waals surface area contributed by atoms with E-state index in [1.807, 2.05) is 25.1 Å². The molecule has 0 amide bonds. The van der Waals surface area contributed by atoms with Crippen LogP contribution >= 0.6 is 12.4 Å². The average molecular weight is 256 g/mol. The van der Waals surface area contributed by atoms with Gasteiger partial charge in [0, 0.05) is 17.2 Å². The maximum absolute atomic E-state index is 5.92. The van der Waals surface area contributed by atoms with Crippen molar-refractivity contribution in [3.8, 4) is 11.5 Å². The van der Waals surface area contributed by atoms with Gasteiger partial charge in [-0.15, -0.1) is 12.4 Å². The number of rotatable bonds is 2. The van der Waals surface area contributed by atoms with Crippen molar-refractivity contribution >= 4 is 18.5 Å². The summed E-state index contributed by atoms with van der Waals surface area (Å²) in [6.07, 6.45) is 4.83. The number of halogens is 1. The Labute approximate surface area is 108 Å². The van der Waals surface area contributed by atoms with Gasteiger partial charge in [0.2, 0.25) is 0 Å². The van der Waals surface area contributed by atoms with Gasteiger partial charge in [-0.25, -0.2) is 0 Å². The van der Waals surface area contributed by atoms with Crippen LogP contribution in [-0.4, -0.2) is 20.3 Å². The SMILES string of the molecule is COc1cc(C)c(OC)c2c1CC(N)C=C2.Cl. The maximum Gasteiger partial charge on any atom is 0.129 e. The van der Waals surface area contributed by atoms with Crippen LogP contribution in [0.4, 0.5) is 0 Å². The highest BCUT2D eigenvalue weighted by Crippen LogP contribution is 2.37. The van der Waals surface area contributed by atoms with Crippen LogP contribution in [0.2, 0.25) is 0 Å². The summed E-state index contributed by atoms with van der Waals surface area (Å²) in [5.74, 6) is 1.81. The molecule has 17 heavy (non-hydrogen) atoms. The molecule has 1 aliphatic rings. The number of fused-ring (bicyclic) bond motifs is 1. The lowest BCUT2D eigenvalue weighted by Crippen LogP contribution is -2.23. The minimum absolute atomic E-state index is 0. The van der Waals surface area contributed by atoms with Crippen molar-refractivity contribution in [2.24, 2.45) is 5.73 Å². The summed E-state index contributed by atoms with van der Waals surface area (Å²) < 4.78 is 10.8. The van der Waals surface area contributed by atoms with E-state index in [4.69, 9.17) is 15.2 Å². The summed E-state index contributed by atoms with van der Waals surface area (Å²) in [7, 11) is 3.38. The largest absolute Gasteiger partial charge is 0.496 e. The molecule has 1 unspecified atom stereocenters. The predicted octanol–water partition coefficient (Wildman–Crippen LogP) is 2.33. The second-order valence-electron chi connectivity index (χ2n) is 4.05. The van der Waals surface area contributed by atoms with E-state index in [-0.39, 0.29) is 18.4 Å². The normalized spacial score (nSPS) is 17.1. The van der Waals surface area contributed by atoms with E-state index in [1.165, 1.54) is 0 Å². The standard InChI is InChI=1S/C13H17NO2.ClH/c1-8-6-12(15-2)11-7-9(14)4-5-10(11)13(8)16-3;/h4-6,9H,7,14H2,1-3H3;1H. The van der Waals surface area contributed by atoms with Crippen LogP contribution in [-0.2, 0) is 6.42 Å². The Morgan fingerprint density at radius 3 is 2.59 bits per heavy atom. The fraction of sp³-hybridized carbons (Fsp3) is 0.385. The van der Waals surface area contributed by atoms with Gasteiger partial charge in [0.15, 0.2) is 0 Å². The van der Waals surface area contributed by atoms with Crippen molar-refractivity contribution in [3.05, 3.63) is 28.8 Å². The molecule has 2 N–H and O–H groups in total. The zero-order valence-electron chi connectivity index (χ0n) is 10.3. The van der Waals surface area contributed by atoms with E-state index < -0.39 is 0 Å². The quantitative estimate of drug-likeness (QED) is 0.882. The van der Waals surface area contributed by atoms with Gasteiger partial charge in [0.25, 0.3) is 0 Å². The fourth-order valence-electron chi connectivity index (χ4n) is 2.19. The first kappa shape index (κ1) is 13.9. The molecule has 0 aromatic heterocycles. The van der Waals surface area contributed by atoms with Gasteiger partial charge in [-0.1, -0.05) is 12.2 Å². The van der Waals surface area contributed by atoms with E-state index >= 15 is 0 Å². The molecule has 94 valence electrons. The molecule has 0 heterocycles. The van der Waals surface area contributed by atoms with Gasteiger partial charge in [-0.05, 0) is 25.0 Å². The first-order valence-corrected chi connectivity index (χ1v) is 5.35. The topological polar surface area (TPSA) is 44.5 Å². The second-order valence-corrected chi connectivity index (χ2v) is 4.05. The molecule has 0 saturated heterocycles. The third kappa shape index (κ3) is 2.40. The van der Waals surface area contributed by atoms with Crippen molar-refractivity contribution in [2.45, 2.75) is 19.4 Å². The molecule has 0 aliphatic heterocycles. The molecule has 4 heteroatoms. The molecule has 0 spiro atoms. The molecular weight excluding hydrogens is 238 g/mol. The highest BCUT2D eigenvalue weighted by atomic mass is 35.5. The molecule has 0 saturated carbocycles. The molecule has 0 bridgehead atoms. The molecule has 1 aromatic carbocycles. The van der Waals surface area contributed by atoms with Crippen LogP contribution in [0.3, 0.4) is 0 Å². The lowest BCUT2D eigenvalue weighted by Gasteiger charge is -2.22. The van der Waals surface area contributed by atoms with Crippen LogP contribution in [0.25, 0.3) is 6.08 Å². The summed E-state index contributed by atoms with van der Waals surface area (Å²) in [6, 6.07) is 2.07. The number of methoxy groups -OCH3 is 2. The Balaban J connectivity index is 0.00000144. The molecule has 0 fully saturated rings. The lowest BCUT2D eigenvalue weighted by atomic mass is 9.91. The number of aryl methyl sites for hydroxylation is 1. The summed E-state index contributed by atoms with van der Waals surface area (Å²) in [5, 5.41) is 0. The van der Waals surface area contributed by atoms with Crippen molar-refractivity contribution in [2.75, 3.05) is 14.2 Å². The summed E-state index contributed by atoms with van der Waals surface area (Å²) >= 11 is 0. The summed E-state index contributed by atoms with van der Waals surface area (Å²) in [6.45, 7) is 2.02. The number of hydrogen-bond acceptors (Lipinski definition) is 3. The number of nitrogens with two attached hydrogens (primary N) is 1. The Morgan fingerprint density at radius 2 is 2.00 bits per heavy atom. The number of benzene rings is 1. The molecule has 1 atom stereocenters. The van der Waals surface area contributed by atoms with Crippen LogP contribution in [0.5, 0.6) is 11.5 Å². The van der Waals surface area contributed by atoms with Crippen LogP contribution in [0.1, 0.15) is 16.7 Å². The Hall–Kier alpha value is -1.19. The zero-order chi connectivity index (χ0) is 11.7. The van der Waals surface area contributed by atoms with Crippen molar-refractivity contribution in [3.63, 3.8) is 0 Å². The first-order chi connectivity index (χ1) is 7.67. The van der Waals surface area contributed by atoms with E-state index in [9.17, 15) is 0 Å². The van der Waals surface area contributed by atoms with Crippen LogP contribution < -0.4 is 15.2 Å². The van der Waals surface area contributed by atoms with E-state index in [1.54, 1.807) is 14.2 Å². The summed E-state index contributed by atoms with van der Waals surface area (Å²) in [4.78, 5) is 0.